The van der Waals surface area contributed by atoms with Crippen molar-refractivity contribution in [2.75, 3.05) is 5.32 Å². The Bertz CT molecular complexity index is 693. The van der Waals surface area contributed by atoms with Gasteiger partial charge in [-0.15, -0.1) is 0 Å². The molecule has 0 saturated carbocycles. The van der Waals surface area contributed by atoms with Crippen molar-refractivity contribution in [1.29, 1.82) is 0 Å². The quantitative estimate of drug-likeness (QED) is 0.905. The predicted molar refractivity (Wildman–Crippen MR) is 91.5 cm³/mol. The molecule has 3 rings (SSSR count). The lowest BCUT2D eigenvalue weighted by Gasteiger charge is -2.11. The number of hydrogen-bond acceptors (Lipinski definition) is 3. The zero-order valence-corrected chi connectivity index (χ0v) is 13.9. The first-order valence-corrected chi connectivity index (χ1v) is 8.90. The molecule has 0 spiro atoms. The van der Waals surface area contributed by atoms with Crippen LogP contribution in [0, 0.1) is 6.92 Å². The standard InChI is InChI=1S/C17H21N3OS/c1-3-4-8-16(21)18-17-14-10-22-11-15(14)19-20(17)13-7-5-6-12(2)9-13/h5-7,9H,3-4,8,10-11H2,1-2H3,(H,18,21). The average molecular weight is 315 g/mol. The monoisotopic (exact) mass is 315 g/mol. The molecule has 1 aliphatic rings. The van der Waals surface area contributed by atoms with Gasteiger partial charge in [0.05, 0.1) is 11.4 Å². The van der Waals surface area contributed by atoms with E-state index in [1.807, 2.05) is 28.6 Å². The van der Waals surface area contributed by atoms with E-state index in [0.29, 0.717) is 6.42 Å². The van der Waals surface area contributed by atoms with E-state index < -0.39 is 0 Å². The molecular weight excluding hydrogens is 294 g/mol. The van der Waals surface area contributed by atoms with E-state index in [4.69, 9.17) is 5.10 Å². The van der Waals surface area contributed by atoms with E-state index in [1.165, 1.54) is 11.1 Å². The number of hydrogen-bond donors (Lipinski definition) is 1. The van der Waals surface area contributed by atoms with Crippen LogP contribution in [-0.2, 0) is 16.3 Å². The minimum Gasteiger partial charge on any atom is -0.310 e. The van der Waals surface area contributed by atoms with E-state index in [2.05, 4.69) is 31.3 Å². The lowest BCUT2D eigenvalue weighted by molar-refractivity contribution is -0.116. The zero-order valence-electron chi connectivity index (χ0n) is 13.1. The van der Waals surface area contributed by atoms with Crippen LogP contribution in [-0.4, -0.2) is 15.7 Å². The number of fused-ring (bicyclic) bond motifs is 1. The first-order chi connectivity index (χ1) is 10.7. The fourth-order valence-electron chi connectivity index (χ4n) is 2.62. The van der Waals surface area contributed by atoms with Crippen LogP contribution in [0.4, 0.5) is 5.82 Å². The number of unbranched alkanes of at least 4 members (excludes halogenated alkanes) is 1. The second kappa shape index (κ2) is 6.57. The average Bonchev–Trinajstić information content (AvgIpc) is 3.08. The number of rotatable bonds is 5. The number of carbonyl (C=O) groups is 1. The number of aromatic nitrogens is 2. The Balaban J connectivity index is 1.95. The Morgan fingerprint density at radius 3 is 3.05 bits per heavy atom. The summed E-state index contributed by atoms with van der Waals surface area (Å²) in [5.41, 5.74) is 4.46. The third-order valence-electron chi connectivity index (χ3n) is 3.81. The van der Waals surface area contributed by atoms with Crippen LogP contribution in [0.3, 0.4) is 0 Å². The number of benzene rings is 1. The van der Waals surface area contributed by atoms with E-state index >= 15 is 0 Å². The molecule has 2 heterocycles. The number of nitrogens with one attached hydrogen (secondary N) is 1. The first kappa shape index (κ1) is 15.2. The van der Waals surface area contributed by atoms with Crippen LogP contribution in [0.15, 0.2) is 24.3 Å². The van der Waals surface area contributed by atoms with E-state index in [1.54, 1.807) is 0 Å². The number of nitrogens with zero attached hydrogens (tertiary/aromatic N) is 2. The smallest absolute Gasteiger partial charge is 0.225 e. The second-order valence-electron chi connectivity index (χ2n) is 5.67. The molecule has 1 aromatic heterocycles. The summed E-state index contributed by atoms with van der Waals surface area (Å²) >= 11 is 1.85. The molecule has 0 bridgehead atoms. The SMILES string of the molecule is CCCCC(=O)Nc1c2c(nn1-c1cccc(C)c1)CSC2. The maximum atomic E-state index is 12.2. The van der Waals surface area contributed by atoms with Crippen molar-refractivity contribution in [3.8, 4) is 5.69 Å². The Morgan fingerprint density at radius 2 is 2.27 bits per heavy atom. The summed E-state index contributed by atoms with van der Waals surface area (Å²) < 4.78 is 1.89. The summed E-state index contributed by atoms with van der Waals surface area (Å²) in [6, 6.07) is 8.21. The Kier molecular flexibility index (Phi) is 4.52. The highest BCUT2D eigenvalue weighted by molar-refractivity contribution is 7.98. The lowest BCUT2D eigenvalue weighted by Crippen LogP contribution is -2.15. The topological polar surface area (TPSA) is 46.9 Å². The number of carbonyl (C=O) groups excluding carboxylic acids is 1. The highest BCUT2D eigenvalue weighted by atomic mass is 32.2. The van der Waals surface area contributed by atoms with Gasteiger partial charge in [0, 0.05) is 23.5 Å². The summed E-state index contributed by atoms with van der Waals surface area (Å²) in [6.45, 7) is 4.16. The number of aryl methyl sites for hydroxylation is 1. The van der Waals surface area contributed by atoms with Gasteiger partial charge < -0.3 is 5.32 Å². The van der Waals surface area contributed by atoms with Gasteiger partial charge in [-0.1, -0.05) is 25.5 Å². The second-order valence-corrected chi connectivity index (χ2v) is 6.65. The minimum atomic E-state index is 0.0790. The van der Waals surface area contributed by atoms with Crippen molar-refractivity contribution in [2.24, 2.45) is 0 Å². The molecule has 0 radical (unpaired) electrons. The van der Waals surface area contributed by atoms with Crippen molar-refractivity contribution in [1.82, 2.24) is 9.78 Å². The summed E-state index contributed by atoms with van der Waals surface area (Å²) in [6.07, 6.45) is 2.51. The number of thioether (sulfide) groups is 1. The summed E-state index contributed by atoms with van der Waals surface area (Å²) in [5, 5.41) is 7.81. The van der Waals surface area contributed by atoms with Gasteiger partial charge in [0.1, 0.15) is 5.82 Å². The van der Waals surface area contributed by atoms with Crippen molar-refractivity contribution in [3.63, 3.8) is 0 Å². The largest absolute Gasteiger partial charge is 0.310 e. The molecule has 0 atom stereocenters. The molecule has 0 saturated heterocycles. The third-order valence-corrected chi connectivity index (χ3v) is 4.78. The van der Waals surface area contributed by atoms with E-state index in [0.717, 1.165) is 41.5 Å². The molecule has 1 aliphatic heterocycles. The predicted octanol–water partition coefficient (Wildman–Crippen LogP) is 4.06. The summed E-state index contributed by atoms with van der Waals surface area (Å²) in [7, 11) is 0. The number of amides is 1. The van der Waals surface area contributed by atoms with Crippen LogP contribution in [0.2, 0.25) is 0 Å². The molecule has 22 heavy (non-hydrogen) atoms. The van der Waals surface area contributed by atoms with Crippen molar-refractivity contribution >= 4 is 23.5 Å². The molecule has 5 heteroatoms. The highest BCUT2D eigenvalue weighted by Gasteiger charge is 2.24. The van der Waals surface area contributed by atoms with E-state index in [9.17, 15) is 4.79 Å². The normalized spacial score (nSPS) is 13.2. The van der Waals surface area contributed by atoms with Gasteiger partial charge in [0.25, 0.3) is 0 Å². The molecule has 4 nitrogen and oxygen atoms in total. The molecule has 1 N–H and O–H groups in total. The molecule has 1 aromatic carbocycles. The van der Waals surface area contributed by atoms with Crippen LogP contribution < -0.4 is 5.32 Å². The zero-order chi connectivity index (χ0) is 15.5. The highest BCUT2D eigenvalue weighted by Crippen LogP contribution is 2.36. The maximum Gasteiger partial charge on any atom is 0.225 e. The maximum absolute atomic E-state index is 12.2. The third kappa shape index (κ3) is 3.04. The van der Waals surface area contributed by atoms with Gasteiger partial charge in [0.15, 0.2) is 0 Å². The lowest BCUT2D eigenvalue weighted by atomic mass is 10.2. The molecular formula is C17H21N3OS. The van der Waals surface area contributed by atoms with Gasteiger partial charge >= 0.3 is 0 Å². The molecule has 116 valence electrons. The summed E-state index contributed by atoms with van der Waals surface area (Å²) in [5.74, 6) is 2.78. The minimum absolute atomic E-state index is 0.0790. The van der Waals surface area contributed by atoms with Crippen LogP contribution in [0.25, 0.3) is 5.69 Å². The van der Waals surface area contributed by atoms with Crippen LogP contribution in [0.1, 0.15) is 43.0 Å². The van der Waals surface area contributed by atoms with Gasteiger partial charge in [-0.25, -0.2) is 4.68 Å². The van der Waals surface area contributed by atoms with Gasteiger partial charge in [-0.3, -0.25) is 4.79 Å². The Hall–Kier alpha value is -1.75. The molecule has 0 unspecified atom stereocenters. The van der Waals surface area contributed by atoms with Crippen LogP contribution >= 0.6 is 11.8 Å². The van der Waals surface area contributed by atoms with Gasteiger partial charge in [-0.2, -0.15) is 16.9 Å². The summed E-state index contributed by atoms with van der Waals surface area (Å²) in [4.78, 5) is 12.2. The molecule has 0 fully saturated rings. The fraction of sp³-hybridized carbons (Fsp3) is 0.412. The van der Waals surface area contributed by atoms with Gasteiger partial charge in [-0.05, 0) is 31.0 Å². The first-order valence-electron chi connectivity index (χ1n) is 7.74. The van der Waals surface area contributed by atoms with Crippen molar-refractivity contribution in [2.45, 2.75) is 44.6 Å². The van der Waals surface area contributed by atoms with Crippen LogP contribution in [0.5, 0.6) is 0 Å². The van der Waals surface area contributed by atoms with E-state index in [-0.39, 0.29) is 5.91 Å². The molecule has 0 aliphatic carbocycles. The van der Waals surface area contributed by atoms with Crippen molar-refractivity contribution < 1.29 is 4.79 Å². The van der Waals surface area contributed by atoms with Crippen molar-refractivity contribution in [3.05, 3.63) is 41.1 Å². The molecule has 2 aromatic rings. The number of anilines is 1. The Labute approximate surface area is 135 Å². The van der Waals surface area contributed by atoms with Gasteiger partial charge in [0.2, 0.25) is 5.91 Å². The molecule has 1 amide bonds. The fourth-order valence-corrected chi connectivity index (χ4v) is 3.65. The Morgan fingerprint density at radius 1 is 1.41 bits per heavy atom.